The van der Waals surface area contributed by atoms with Gasteiger partial charge in [-0.05, 0) is 43.9 Å². The molecule has 0 bridgehead atoms. The number of hydrogen-bond acceptors (Lipinski definition) is 6. The number of hydrogen-bond donors (Lipinski definition) is 1. The van der Waals surface area contributed by atoms with Crippen molar-refractivity contribution in [1.82, 2.24) is 14.9 Å². The predicted octanol–water partition coefficient (Wildman–Crippen LogP) is 2.27. The monoisotopic (exact) mass is 338 g/mol. The van der Waals surface area contributed by atoms with Crippen molar-refractivity contribution < 1.29 is 9.47 Å². The van der Waals surface area contributed by atoms with Gasteiger partial charge in [0, 0.05) is 30.3 Å². The molecule has 0 amide bonds. The number of fused-ring (bicyclic) bond motifs is 3. The van der Waals surface area contributed by atoms with Crippen LogP contribution in [0.25, 0.3) is 0 Å². The zero-order valence-corrected chi connectivity index (χ0v) is 14.2. The first-order chi connectivity index (χ1) is 12.2. The molecule has 6 nitrogen and oxygen atoms in total. The third kappa shape index (κ3) is 2.43. The van der Waals surface area contributed by atoms with E-state index in [1.54, 1.807) is 0 Å². The maximum atomic E-state index is 5.87. The van der Waals surface area contributed by atoms with Gasteiger partial charge >= 0.3 is 0 Å². The minimum atomic E-state index is 0.125. The Kier molecular flexibility index (Phi) is 3.35. The Balaban J connectivity index is 1.41. The summed E-state index contributed by atoms with van der Waals surface area (Å²) in [5, 5.41) is 0. The average molecular weight is 338 g/mol. The second kappa shape index (κ2) is 5.59. The lowest BCUT2D eigenvalue weighted by atomic mass is 9.77. The van der Waals surface area contributed by atoms with Gasteiger partial charge in [-0.15, -0.1) is 0 Å². The average Bonchev–Trinajstić information content (AvgIpc) is 3.22. The lowest BCUT2D eigenvalue weighted by Gasteiger charge is -2.40. The fourth-order valence-corrected chi connectivity index (χ4v) is 4.67. The zero-order valence-electron chi connectivity index (χ0n) is 14.2. The summed E-state index contributed by atoms with van der Waals surface area (Å²) < 4.78 is 11.2. The van der Waals surface area contributed by atoms with E-state index >= 15 is 0 Å². The lowest BCUT2D eigenvalue weighted by Crippen LogP contribution is -2.45. The van der Waals surface area contributed by atoms with Crippen LogP contribution in [0.15, 0.2) is 24.4 Å². The SMILES string of the molecule is Nc1ncc2c(n1)C1(CCCN(Cc3cccc4c3OCO4)C1)CC2. The predicted molar refractivity (Wildman–Crippen MR) is 93.5 cm³/mol. The molecule has 0 saturated carbocycles. The van der Waals surface area contributed by atoms with Crippen molar-refractivity contribution in [2.24, 2.45) is 0 Å². The summed E-state index contributed by atoms with van der Waals surface area (Å²) in [5.41, 5.74) is 9.66. The van der Waals surface area contributed by atoms with Crippen molar-refractivity contribution in [3.8, 4) is 11.5 Å². The number of benzene rings is 1. The van der Waals surface area contributed by atoms with Crippen molar-refractivity contribution in [3.05, 3.63) is 41.2 Å². The number of para-hydroxylation sites is 1. The van der Waals surface area contributed by atoms with E-state index in [9.17, 15) is 0 Å². The number of ether oxygens (including phenoxy) is 2. The molecule has 1 unspecified atom stereocenters. The second-order valence-electron chi connectivity index (χ2n) is 7.35. The first kappa shape index (κ1) is 15.0. The molecule has 2 aromatic rings. The minimum absolute atomic E-state index is 0.125. The molecule has 1 aromatic carbocycles. The van der Waals surface area contributed by atoms with Gasteiger partial charge in [0.05, 0.1) is 5.69 Å². The topological polar surface area (TPSA) is 73.5 Å². The lowest BCUT2D eigenvalue weighted by molar-refractivity contribution is 0.134. The number of aryl methyl sites for hydroxylation is 1. The van der Waals surface area contributed by atoms with Crippen LogP contribution in [0.1, 0.15) is 36.1 Å². The van der Waals surface area contributed by atoms with E-state index in [-0.39, 0.29) is 5.41 Å². The molecule has 0 radical (unpaired) electrons. The van der Waals surface area contributed by atoms with Crippen LogP contribution in [0.2, 0.25) is 0 Å². The summed E-state index contributed by atoms with van der Waals surface area (Å²) in [6.07, 6.45) is 6.47. The maximum Gasteiger partial charge on any atom is 0.231 e. The molecule has 6 heteroatoms. The zero-order chi connectivity index (χ0) is 16.9. The van der Waals surface area contributed by atoms with Gasteiger partial charge in [0.1, 0.15) is 0 Å². The van der Waals surface area contributed by atoms with Crippen LogP contribution in [0.5, 0.6) is 11.5 Å². The van der Waals surface area contributed by atoms with Gasteiger partial charge in [0.2, 0.25) is 12.7 Å². The van der Waals surface area contributed by atoms with Crippen molar-refractivity contribution in [2.75, 3.05) is 25.6 Å². The van der Waals surface area contributed by atoms with Gasteiger partial charge in [-0.3, -0.25) is 4.90 Å². The van der Waals surface area contributed by atoms with Gasteiger partial charge in [0.15, 0.2) is 11.5 Å². The molecule has 1 saturated heterocycles. The fourth-order valence-electron chi connectivity index (χ4n) is 4.67. The minimum Gasteiger partial charge on any atom is -0.454 e. The molecular weight excluding hydrogens is 316 g/mol. The number of anilines is 1. The molecule has 1 aromatic heterocycles. The van der Waals surface area contributed by atoms with Gasteiger partial charge in [-0.1, -0.05) is 12.1 Å². The van der Waals surface area contributed by atoms with Gasteiger partial charge in [0.25, 0.3) is 0 Å². The summed E-state index contributed by atoms with van der Waals surface area (Å²) in [6, 6.07) is 6.15. The number of piperidine rings is 1. The molecule has 1 spiro atoms. The third-order valence-electron chi connectivity index (χ3n) is 5.79. The quantitative estimate of drug-likeness (QED) is 0.905. The van der Waals surface area contributed by atoms with Crippen LogP contribution in [0, 0.1) is 0 Å². The third-order valence-corrected chi connectivity index (χ3v) is 5.79. The molecule has 1 aliphatic carbocycles. The van der Waals surface area contributed by atoms with Crippen LogP contribution in [-0.2, 0) is 18.4 Å². The Labute approximate surface area is 147 Å². The van der Waals surface area contributed by atoms with E-state index in [0.717, 1.165) is 44.0 Å². The summed E-state index contributed by atoms with van der Waals surface area (Å²) in [5.74, 6) is 2.15. The van der Waals surface area contributed by atoms with Gasteiger partial charge in [-0.25, -0.2) is 9.97 Å². The van der Waals surface area contributed by atoms with Crippen molar-refractivity contribution in [2.45, 2.75) is 37.6 Å². The summed E-state index contributed by atoms with van der Waals surface area (Å²) in [4.78, 5) is 11.3. The summed E-state index contributed by atoms with van der Waals surface area (Å²) in [6.45, 7) is 3.31. The molecule has 1 atom stereocenters. The van der Waals surface area contributed by atoms with Crippen LogP contribution < -0.4 is 15.2 Å². The highest BCUT2D eigenvalue weighted by Crippen LogP contribution is 2.45. The van der Waals surface area contributed by atoms with Crippen LogP contribution in [-0.4, -0.2) is 34.8 Å². The van der Waals surface area contributed by atoms with E-state index in [4.69, 9.17) is 15.2 Å². The second-order valence-corrected chi connectivity index (χ2v) is 7.35. The Morgan fingerprint density at radius 1 is 1.24 bits per heavy atom. The fraction of sp³-hybridized carbons (Fsp3) is 0.474. The number of likely N-dealkylation sites (tertiary alicyclic amines) is 1. The van der Waals surface area contributed by atoms with Crippen LogP contribution in [0.3, 0.4) is 0 Å². The highest BCUT2D eigenvalue weighted by molar-refractivity contribution is 5.48. The van der Waals surface area contributed by atoms with E-state index in [2.05, 4.69) is 20.9 Å². The molecule has 1 fully saturated rings. The first-order valence-electron chi connectivity index (χ1n) is 8.95. The van der Waals surface area contributed by atoms with Crippen LogP contribution >= 0.6 is 0 Å². The van der Waals surface area contributed by atoms with Crippen molar-refractivity contribution >= 4 is 5.95 Å². The summed E-state index contributed by atoms with van der Waals surface area (Å²) >= 11 is 0. The van der Waals surface area contributed by atoms with Crippen molar-refractivity contribution in [1.29, 1.82) is 0 Å². The standard InChI is InChI=1S/C19H22N4O2/c20-18-21-9-13-5-7-19(17(13)22-18)6-2-8-23(11-19)10-14-3-1-4-15-16(14)25-12-24-15/h1,3-4,9H,2,5-8,10-12H2,(H2,20,21,22). The Bertz CT molecular complexity index is 821. The van der Waals surface area contributed by atoms with E-state index in [0.29, 0.717) is 12.7 Å². The Hall–Kier alpha value is -2.34. The molecule has 3 aliphatic rings. The highest BCUT2D eigenvalue weighted by Gasteiger charge is 2.43. The highest BCUT2D eigenvalue weighted by atomic mass is 16.7. The molecular formula is C19H22N4O2. The number of rotatable bonds is 2. The Morgan fingerprint density at radius 3 is 3.16 bits per heavy atom. The Morgan fingerprint density at radius 2 is 2.20 bits per heavy atom. The molecule has 5 rings (SSSR count). The molecule has 2 aliphatic heterocycles. The summed E-state index contributed by atoms with van der Waals surface area (Å²) in [7, 11) is 0. The van der Waals surface area contributed by atoms with E-state index in [1.807, 2.05) is 18.3 Å². The molecule has 130 valence electrons. The molecule has 2 N–H and O–H groups in total. The van der Waals surface area contributed by atoms with Gasteiger partial charge in [-0.2, -0.15) is 0 Å². The smallest absolute Gasteiger partial charge is 0.231 e. The largest absolute Gasteiger partial charge is 0.454 e. The van der Waals surface area contributed by atoms with E-state index < -0.39 is 0 Å². The van der Waals surface area contributed by atoms with Crippen molar-refractivity contribution in [3.63, 3.8) is 0 Å². The first-order valence-corrected chi connectivity index (χ1v) is 8.95. The van der Waals surface area contributed by atoms with E-state index in [1.165, 1.54) is 29.7 Å². The molecule has 25 heavy (non-hydrogen) atoms. The molecule has 3 heterocycles. The number of aromatic nitrogens is 2. The van der Waals surface area contributed by atoms with Crippen LogP contribution in [0.4, 0.5) is 5.95 Å². The number of nitrogen functional groups attached to an aromatic ring is 1. The van der Waals surface area contributed by atoms with Gasteiger partial charge < -0.3 is 15.2 Å². The maximum absolute atomic E-state index is 5.87. The number of nitrogens with two attached hydrogens (primary N) is 1. The normalized spacial score (nSPS) is 24.6. The number of nitrogens with zero attached hydrogens (tertiary/aromatic N) is 3.